The molecule has 5 heteroatoms. The summed E-state index contributed by atoms with van der Waals surface area (Å²) >= 11 is 0. The van der Waals surface area contributed by atoms with Gasteiger partial charge in [-0.25, -0.2) is 0 Å². The first-order chi connectivity index (χ1) is 14.4. The van der Waals surface area contributed by atoms with Gasteiger partial charge in [-0.05, 0) is 72.0 Å². The minimum Gasteiger partial charge on any atom is -0.488 e. The molecule has 3 aromatic rings. The molecular weight excluding hydrogens is 376 g/mol. The monoisotopic (exact) mass is 404 g/mol. The summed E-state index contributed by atoms with van der Waals surface area (Å²) in [5, 5.41) is 12.6. The molecule has 0 aliphatic carbocycles. The highest BCUT2D eigenvalue weighted by Gasteiger charge is 2.16. The summed E-state index contributed by atoms with van der Waals surface area (Å²) in [5.41, 5.74) is 2.07. The van der Waals surface area contributed by atoms with E-state index in [-0.39, 0.29) is 12.0 Å². The van der Waals surface area contributed by atoms with Crippen LogP contribution in [-0.4, -0.2) is 47.2 Å². The molecule has 3 rings (SSSR count). The van der Waals surface area contributed by atoms with Crippen LogP contribution in [0.25, 0.3) is 16.8 Å². The minimum atomic E-state index is -0.567. The number of hydrogen-bond donors (Lipinski definition) is 1. The number of fused-ring (bicyclic) bond motifs is 1. The van der Waals surface area contributed by atoms with Crippen LogP contribution in [-0.2, 0) is 11.2 Å². The fourth-order valence-electron chi connectivity index (χ4n) is 3.12. The molecule has 0 aliphatic rings. The van der Waals surface area contributed by atoms with Gasteiger partial charge >= 0.3 is 0 Å². The van der Waals surface area contributed by atoms with Gasteiger partial charge in [0.15, 0.2) is 0 Å². The molecule has 2 aromatic carbocycles. The fraction of sp³-hybridized carbons (Fsp3) is 0.280. The quantitative estimate of drug-likeness (QED) is 0.574. The highest BCUT2D eigenvalue weighted by molar-refractivity contribution is 5.92. The lowest BCUT2D eigenvalue weighted by Crippen LogP contribution is -2.29. The number of aliphatic hydroxyl groups is 1. The highest BCUT2D eigenvalue weighted by atomic mass is 16.5. The van der Waals surface area contributed by atoms with Gasteiger partial charge in [-0.15, -0.1) is 0 Å². The van der Waals surface area contributed by atoms with Gasteiger partial charge < -0.3 is 14.7 Å². The van der Waals surface area contributed by atoms with Crippen molar-refractivity contribution in [2.75, 3.05) is 14.1 Å². The third-order valence-electron chi connectivity index (χ3n) is 5.01. The van der Waals surface area contributed by atoms with E-state index in [1.807, 2.05) is 67.7 Å². The largest absolute Gasteiger partial charge is 0.488 e. The number of likely N-dealkylation sites (N-methyl/N-ethyl adjacent to an activating group) is 1. The maximum Gasteiger partial charge on any atom is 0.246 e. The zero-order valence-electron chi connectivity index (χ0n) is 17.7. The molecule has 1 aromatic heterocycles. The smallest absolute Gasteiger partial charge is 0.246 e. The maximum atomic E-state index is 11.7. The number of benzene rings is 2. The molecule has 0 spiro atoms. The van der Waals surface area contributed by atoms with Crippen LogP contribution in [0.2, 0.25) is 0 Å². The number of amides is 1. The normalized spacial score (nSPS) is 13.3. The van der Waals surface area contributed by atoms with Gasteiger partial charge in [0.2, 0.25) is 5.91 Å². The predicted octanol–water partition coefficient (Wildman–Crippen LogP) is 4.10. The summed E-state index contributed by atoms with van der Waals surface area (Å²) < 4.78 is 5.98. The topological polar surface area (TPSA) is 62.7 Å². The zero-order chi connectivity index (χ0) is 21.5. The number of aliphatic hydroxyl groups excluding tert-OH is 1. The SMILES string of the molecule is CC(Oc1ccc2cc(/C=C/C(=O)N(C)C)ccc2c1)C(O)CCc1cccnc1. The van der Waals surface area contributed by atoms with Crippen LogP contribution in [0.1, 0.15) is 24.5 Å². The van der Waals surface area contributed by atoms with Gasteiger partial charge in [0, 0.05) is 32.6 Å². The molecule has 0 bridgehead atoms. The first kappa shape index (κ1) is 21.5. The average Bonchev–Trinajstić information content (AvgIpc) is 2.76. The second kappa shape index (κ2) is 10.0. The third-order valence-corrected chi connectivity index (χ3v) is 5.01. The number of nitrogens with zero attached hydrogens (tertiary/aromatic N) is 2. The van der Waals surface area contributed by atoms with Gasteiger partial charge in [-0.1, -0.05) is 24.3 Å². The minimum absolute atomic E-state index is 0.0464. The van der Waals surface area contributed by atoms with Gasteiger partial charge in [0.25, 0.3) is 0 Å². The van der Waals surface area contributed by atoms with E-state index in [0.29, 0.717) is 6.42 Å². The molecule has 5 nitrogen and oxygen atoms in total. The number of hydrogen-bond acceptors (Lipinski definition) is 4. The number of carbonyl (C=O) groups excluding carboxylic acids is 1. The summed E-state index contributed by atoms with van der Waals surface area (Å²) in [4.78, 5) is 17.3. The first-order valence-corrected chi connectivity index (χ1v) is 10.1. The molecule has 0 radical (unpaired) electrons. The lowest BCUT2D eigenvalue weighted by Gasteiger charge is -2.21. The Morgan fingerprint density at radius 3 is 2.67 bits per heavy atom. The summed E-state index contributed by atoms with van der Waals surface area (Å²) in [6.07, 6.45) is 7.42. The van der Waals surface area contributed by atoms with Crippen molar-refractivity contribution >= 4 is 22.8 Å². The molecule has 156 valence electrons. The molecule has 0 fully saturated rings. The van der Waals surface area contributed by atoms with Crippen LogP contribution in [0.15, 0.2) is 67.0 Å². The van der Waals surface area contributed by atoms with Crippen molar-refractivity contribution in [1.29, 1.82) is 0 Å². The summed E-state index contributed by atoms with van der Waals surface area (Å²) in [7, 11) is 3.46. The van der Waals surface area contributed by atoms with E-state index < -0.39 is 6.10 Å². The fourth-order valence-corrected chi connectivity index (χ4v) is 3.12. The Morgan fingerprint density at radius 1 is 1.17 bits per heavy atom. The Morgan fingerprint density at radius 2 is 1.93 bits per heavy atom. The van der Waals surface area contributed by atoms with Gasteiger partial charge in [-0.2, -0.15) is 0 Å². The van der Waals surface area contributed by atoms with E-state index in [9.17, 15) is 9.90 Å². The van der Waals surface area contributed by atoms with Gasteiger partial charge in [0.1, 0.15) is 11.9 Å². The molecule has 1 amide bonds. The second-order valence-corrected chi connectivity index (χ2v) is 7.62. The molecule has 0 aliphatic heterocycles. The Labute approximate surface area is 177 Å². The van der Waals surface area contributed by atoms with Gasteiger partial charge in [-0.3, -0.25) is 9.78 Å². The van der Waals surface area contributed by atoms with E-state index in [1.54, 1.807) is 26.4 Å². The van der Waals surface area contributed by atoms with E-state index in [1.165, 1.54) is 4.90 Å². The summed E-state index contributed by atoms with van der Waals surface area (Å²) in [6.45, 7) is 1.88. The average molecular weight is 405 g/mol. The van der Waals surface area contributed by atoms with Crippen LogP contribution in [0.4, 0.5) is 0 Å². The van der Waals surface area contributed by atoms with E-state index in [4.69, 9.17) is 4.74 Å². The molecule has 0 saturated carbocycles. The van der Waals surface area contributed by atoms with Crippen molar-refractivity contribution in [3.8, 4) is 5.75 Å². The number of aryl methyl sites for hydroxylation is 1. The van der Waals surface area contributed by atoms with Crippen molar-refractivity contribution < 1.29 is 14.6 Å². The van der Waals surface area contributed by atoms with Crippen LogP contribution in [0.3, 0.4) is 0 Å². The highest BCUT2D eigenvalue weighted by Crippen LogP contribution is 2.24. The number of aromatic nitrogens is 1. The number of carbonyl (C=O) groups is 1. The number of ether oxygens (including phenoxy) is 1. The predicted molar refractivity (Wildman–Crippen MR) is 120 cm³/mol. The van der Waals surface area contributed by atoms with Crippen LogP contribution >= 0.6 is 0 Å². The third kappa shape index (κ3) is 5.91. The molecule has 1 N–H and O–H groups in total. The van der Waals surface area contributed by atoms with Crippen molar-refractivity contribution in [3.05, 3.63) is 78.1 Å². The molecule has 2 unspecified atom stereocenters. The molecule has 1 heterocycles. The standard InChI is InChI=1S/C25H28N2O3/c1-18(24(28)12-7-20-5-4-14-26-17-20)30-23-11-10-21-15-19(6-9-22(21)16-23)8-13-25(29)27(2)3/h4-6,8-11,13-18,24,28H,7,12H2,1-3H3/b13-8+. The maximum absolute atomic E-state index is 11.7. The molecular formula is C25H28N2O3. The van der Waals surface area contributed by atoms with Crippen LogP contribution in [0, 0.1) is 0 Å². The lowest BCUT2D eigenvalue weighted by atomic mass is 10.0. The first-order valence-electron chi connectivity index (χ1n) is 10.1. The van der Waals surface area contributed by atoms with Crippen molar-refractivity contribution in [1.82, 2.24) is 9.88 Å². The molecule has 0 saturated heterocycles. The summed E-state index contributed by atoms with van der Waals surface area (Å²) in [5.74, 6) is 0.677. The van der Waals surface area contributed by atoms with Crippen molar-refractivity contribution in [2.45, 2.75) is 32.0 Å². The Bertz CT molecular complexity index is 1020. The second-order valence-electron chi connectivity index (χ2n) is 7.62. The Kier molecular flexibility index (Phi) is 7.20. The lowest BCUT2D eigenvalue weighted by molar-refractivity contribution is -0.123. The number of rotatable bonds is 8. The Hall–Kier alpha value is -3.18. The van der Waals surface area contributed by atoms with Crippen LogP contribution in [0.5, 0.6) is 5.75 Å². The van der Waals surface area contributed by atoms with Crippen LogP contribution < -0.4 is 4.74 Å². The van der Waals surface area contributed by atoms with E-state index in [2.05, 4.69) is 4.98 Å². The Balaban J connectivity index is 1.62. The van der Waals surface area contributed by atoms with Crippen molar-refractivity contribution in [2.24, 2.45) is 0 Å². The van der Waals surface area contributed by atoms with Crippen molar-refractivity contribution in [3.63, 3.8) is 0 Å². The molecule has 30 heavy (non-hydrogen) atoms. The van der Waals surface area contributed by atoms with E-state index in [0.717, 1.165) is 34.1 Å². The zero-order valence-corrected chi connectivity index (χ0v) is 17.7. The summed E-state index contributed by atoms with van der Waals surface area (Å²) in [6, 6.07) is 15.8. The molecule has 2 atom stereocenters. The number of pyridine rings is 1. The van der Waals surface area contributed by atoms with E-state index >= 15 is 0 Å². The van der Waals surface area contributed by atoms with Gasteiger partial charge in [0.05, 0.1) is 6.10 Å².